The average Bonchev–Trinajstić information content (AvgIpc) is 2.04. The van der Waals surface area contributed by atoms with E-state index in [2.05, 4.69) is 52.8 Å². The molecular formula is C12H22. The lowest BCUT2D eigenvalue weighted by Gasteiger charge is -2.24. The minimum absolute atomic E-state index is 0.336. The zero-order valence-corrected chi connectivity index (χ0v) is 9.15. The molecule has 0 atom stereocenters. The van der Waals surface area contributed by atoms with Crippen LogP contribution in [0.4, 0.5) is 0 Å². The van der Waals surface area contributed by atoms with Gasteiger partial charge in [-0.2, -0.15) is 0 Å². The fourth-order valence-electron chi connectivity index (χ4n) is 1.17. The highest BCUT2D eigenvalue weighted by molar-refractivity contribution is 5.24. The minimum Gasteiger partial charge on any atom is -0.0874 e. The predicted molar refractivity (Wildman–Crippen MR) is 57.3 cm³/mol. The van der Waals surface area contributed by atoms with Gasteiger partial charge in [-0.1, -0.05) is 45.9 Å². The van der Waals surface area contributed by atoms with Crippen molar-refractivity contribution in [1.82, 2.24) is 0 Å². The predicted octanol–water partition coefficient (Wildman–Crippen LogP) is 4.34. The third kappa shape index (κ3) is 3.25. The molecule has 0 saturated carbocycles. The van der Waals surface area contributed by atoms with Crippen LogP contribution in [-0.2, 0) is 0 Å². The smallest absolute Gasteiger partial charge is 0.0109 e. The van der Waals surface area contributed by atoms with Gasteiger partial charge >= 0.3 is 0 Å². The van der Waals surface area contributed by atoms with Gasteiger partial charge in [0.2, 0.25) is 0 Å². The van der Waals surface area contributed by atoms with Crippen LogP contribution < -0.4 is 0 Å². The summed E-state index contributed by atoms with van der Waals surface area (Å²) in [4.78, 5) is 0. The number of hydrogen-bond donors (Lipinski definition) is 0. The normalized spacial score (nSPS) is 14.2. The maximum Gasteiger partial charge on any atom is -0.0109 e. The molecule has 0 saturated heterocycles. The van der Waals surface area contributed by atoms with Crippen LogP contribution in [0.1, 0.15) is 47.5 Å². The summed E-state index contributed by atoms with van der Waals surface area (Å²) in [5.41, 5.74) is 1.80. The van der Waals surface area contributed by atoms with Gasteiger partial charge in [0.15, 0.2) is 0 Å². The zero-order chi connectivity index (χ0) is 9.61. The summed E-state index contributed by atoms with van der Waals surface area (Å²) in [5, 5.41) is 0. The molecule has 0 aliphatic rings. The molecule has 0 aliphatic heterocycles. The third-order valence-corrected chi connectivity index (χ3v) is 2.44. The van der Waals surface area contributed by atoms with Gasteiger partial charge in [-0.15, -0.1) is 0 Å². The summed E-state index contributed by atoms with van der Waals surface area (Å²) in [6, 6.07) is 0. The summed E-state index contributed by atoms with van der Waals surface area (Å²) in [7, 11) is 0. The van der Waals surface area contributed by atoms with Crippen molar-refractivity contribution in [3.8, 4) is 0 Å². The maximum atomic E-state index is 2.32. The average molecular weight is 166 g/mol. The lowest BCUT2D eigenvalue weighted by molar-refractivity contribution is 0.438. The molecule has 0 fully saturated rings. The molecule has 0 nitrogen and oxygen atoms in total. The number of allylic oxidation sites excluding steroid dienone is 4. The standard InChI is InChI=1S/C12H22/c1-6-9-11(10-7-2)12(4,5)8-3/h6,9-10H,7-8H2,1-5H3/b9-6-,11-10+. The molecule has 0 N–H and O–H groups in total. The van der Waals surface area contributed by atoms with Gasteiger partial charge in [0.05, 0.1) is 0 Å². The van der Waals surface area contributed by atoms with E-state index in [4.69, 9.17) is 0 Å². The minimum atomic E-state index is 0.336. The van der Waals surface area contributed by atoms with Gasteiger partial charge < -0.3 is 0 Å². The Labute approximate surface area is 77.4 Å². The Kier molecular flexibility index (Phi) is 4.96. The van der Waals surface area contributed by atoms with E-state index in [1.165, 1.54) is 12.0 Å². The van der Waals surface area contributed by atoms with Crippen molar-refractivity contribution >= 4 is 0 Å². The molecule has 0 aliphatic carbocycles. The van der Waals surface area contributed by atoms with E-state index in [9.17, 15) is 0 Å². The van der Waals surface area contributed by atoms with Crippen molar-refractivity contribution in [1.29, 1.82) is 0 Å². The van der Waals surface area contributed by atoms with Crippen LogP contribution in [0, 0.1) is 5.41 Å². The molecule has 70 valence electrons. The first-order valence-corrected chi connectivity index (χ1v) is 4.91. The second-order valence-electron chi connectivity index (χ2n) is 3.81. The van der Waals surface area contributed by atoms with Gasteiger partial charge in [-0.3, -0.25) is 0 Å². The van der Waals surface area contributed by atoms with Crippen LogP contribution in [0.5, 0.6) is 0 Å². The first-order valence-electron chi connectivity index (χ1n) is 4.91. The van der Waals surface area contributed by atoms with E-state index in [0.717, 1.165) is 6.42 Å². The fourth-order valence-corrected chi connectivity index (χ4v) is 1.17. The monoisotopic (exact) mass is 166 g/mol. The van der Waals surface area contributed by atoms with Crippen LogP contribution in [0.15, 0.2) is 23.8 Å². The summed E-state index contributed by atoms with van der Waals surface area (Å²) >= 11 is 0. The van der Waals surface area contributed by atoms with Crippen LogP contribution >= 0.6 is 0 Å². The first-order chi connectivity index (χ1) is 5.58. The summed E-state index contributed by atoms with van der Waals surface area (Å²) in [6.07, 6.45) is 9.00. The van der Waals surface area contributed by atoms with E-state index >= 15 is 0 Å². The van der Waals surface area contributed by atoms with E-state index in [1.807, 2.05) is 0 Å². The number of hydrogen-bond acceptors (Lipinski definition) is 0. The molecule has 0 heterocycles. The summed E-state index contributed by atoms with van der Waals surface area (Å²) in [5.74, 6) is 0. The molecule has 0 bridgehead atoms. The second kappa shape index (κ2) is 5.18. The SMILES string of the molecule is C/C=C\C(=C/CC)C(C)(C)CC. The van der Waals surface area contributed by atoms with E-state index in [0.29, 0.717) is 5.41 Å². The van der Waals surface area contributed by atoms with Gasteiger partial charge in [0, 0.05) is 0 Å². The lowest BCUT2D eigenvalue weighted by atomic mass is 9.81. The highest BCUT2D eigenvalue weighted by atomic mass is 14.2. The molecule has 0 aromatic carbocycles. The Bertz CT molecular complexity index is 170. The highest BCUT2D eigenvalue weighted by Gasteiger charge is 2.17. The highest BCUT2D eigenvalue weighted by Crippen LogP contribution is 2.30. The molecule has 0 aromatic heterocycles. The Morgan fingerprint density at radius 2 is 1.83 bits per heavy atom. The Morgan fingerprint density at radius 1 is 1.25 bits per heavy atom. The van der Waals surface area contributed by atoms with Crippen LogP contribution in [-0.4, -0.2) is 0 Å². The van der Waals surface area contributed by atoms with Crippen LogP contribution in [0.2, 0.25) is 0 Å². The van der Waals surface area contributed by atoms with Gasteiger partial charge in [-0.05, 0) is 30.8 Å². The topological polar surface area (TPSA) is 0 Å². The summed E-state index contributed by atoms with van der Waals surface area (Å²) in [6.45, 7) is 11.1. The fraction of sp³-hybridized carbons (Fsp3) is 0.667. The quantitative estimate of drug-likeness (QED) is 0.545. The lowest BCUT2D eigenvalue weighted by Crippen LogP contribution is -2.11. The molecular weight excluding hydrogens is 144 g/mol. The number of rotatable bonds is 4. The van der Waals surface area contributed by atoms with Gasteiger partial charge in [-0.25, -0.2) is 0 Å². The van der Waals surface area contributed by atoms with Crippen LogP contribution in [0.3, 0.4) is 0 Å². The molecule has 0 aromatic rings. The third-order valence-electron chi connectivity index (χ3n) is 2.44. The first kappa shape index (κ1) is 11.5. The Morgan fingerprint density at radius 3 is 2.17 bits per heavy atom. The Hall–Kier alpha value is -0.520. The van der Waals surface area contributed by atoms with Crippen LogP contribution in [0.25, 0.3) is 0 Å². The van der Waals surface area contributed by atoms with E-state index < -0.39 is 0 Å². The van der Waals surface area contributed by atoms with Crippen molar-refractivity contribution in [2.45, 2.75) is 47.5 Å². The second-order valence-corrected chi connectivity index (χ2v) is 3.81. The molecule has 0 spiro atoms. The maximum absolute atomic E-state index is 2.32. The molecule has 0 heteroatoms. The van der Waals surface area contributed by atoms with Gasteiger partial charge in [0.25, 0.3) is 0 Å². The molecule has 0 rings (SSSR count). The molecule has 0 radical (unpaired) electrons. The molecule has 0 amide bonds. The van der Waals surface area contributed by atoms with Crippen molar-refractivity contribution in [3.05, 3.63) is 23.8 Å². The largest absolute Gasteiger partial charge is 0.0874 e. The van der Waals surface area contributed by atoms with Crippen molar-refractivity contribution < 1.29 is 0 Å². The van der Waals surface area contributed by atoms with Gasteiger partial charge in [0.1, 0.15) is 0 Å². The van der Waals surface area contributed by atoms with Crippen molar-refractivity contribution in [2.24, 2.45) is 5.41 Å². The van der Waals surface area contributed by atoms with E-state index in [-0.39, 0.29) is 0 Å². The van der Waals surface area contributed by atoms with E-state index in [1.54, 1.807) is 0 Å². The Balaban J connectivity index is 4.62. The molecule has 12 heavy (non-hydrogen) atoms. The zero-order valence-electron chi connectivity index (χ0n) is 9.15. The van der Waals surface area contributed by atoms with Crippen molar-refractivity contribution in [2.75, 3.05) is 0 Å². The van der Waals surface area contributed by atoms with Crippen molar-refractivity contribution in [3.63, 3.8) is 0 Å². The molecule has 0 unspecified atom stereocenters. The summed E-state index contributed by atoms with van der Waals surface area (Å²) < 4.78 is 0.